The van der Waals surface area contributed by atoms with Crippen LogP contribution in [0.15, 0.2) is 60.7 Å². The first-order valence-electron chi connectivity index (χ1n) is 8.54. The Balaban J connectivity index is 1.47. The SMILES string of the molecule is Clc1ccccc1/C=C/c1nn2c(-c3cc(-c4ccccc4)n[nH]3)nnc2s1. The Morgan fingerprint density at radius 3 is 2.64 bits per heavy atom. The van der Waals surface area contributed by atoms with Gasteiger partial charge in [0.25, 0.3) is 0 Å². The van der Waals surface area contributed by atoms with Crippen molar-refractivity contribution < 1.29 is 0 Å². The van der Waals surface area contributed by atoms with Gasteiger partial charge in [-0.25, -0.2) is 0 Å². The molecule has 2 aromatic carbocycles. The minimum atomic E-state index is 0.623. The number of benzene rings is 2. The maximum Gasteiger partial charge on any atom is 0.235 e. The summed E-state index contributed by atoms with van der Waals surface area (Å²) >= 11 is 7.65. The number of rotatable bonds is 4. The summed E-state index contributed by atoms with van der Waals surface area (Å²) in [5, 5.41) is 22.0. The largest absolute Gasteiger partial charge is 0.274 e. The smallest absolute Gasteiger partial charge is 0.235 e. The van der Waals surface area contributed by atoms with Crippen LogP contribution in [-0.2, 0) is 0 Å². The second-order valence-corrected chi connectivity index (χ2v) is 7.44. The van der Waals surface area contributed by atoms with Gasteiger partial charge in [-0.15, -0.1) is 10.2 Å². The highest BCUT2D eigenvalue weighted by Gasteiger charge is 2.15. The Bertz CT molecular complexity index is 1280. The number of hydrogen-bond acceptors (Lipinski definition) is 5. The molecule has 5 rings (SSSR count). The van der Waals surface area contributed by atoms with E-state index in [-0.39, 0.29) is 0 Å². The maximum atomic E-state index is 6.20. The molecule has 28 heavy (non-hydrogen) atoms. The van der Waals surface area contributed by atoms with Crippen LogP contribution in [0.2, 0.25) is 5.02 Å². The molecule has 136 valence electrons. The van der Waals surface area contributed by atoms with Crippen molar-refractivity contribution in [2.45, 2.75) is 0 Å². The lowest BCUT2D eigenvalue weighted by Gasteiger charge is -1.95. The Hall–Kier alpha value is -3.29. The van der Waals surface area contributed by atoms with E-state index in [1.165, 1.54) is 11.3 Å². The Morgan fingerprint density at radius 1 is 0.964 bits per heavy atom. The number of nitrogens with one attached hydrogen (secondary N) is 1. The summed E-state index contributed by atoms with van der Waals surface area (Å²) < 4.78 is 1.72. The fourth-order valence-electron chi connectivity index (χ4n) is 2.83. The van der Waals surface area contributed by atoms with Crippen LogP contribution in [0.3, 0.4) is 0 Å². The molecule has 0 unspecified atom stereocenters. The third-order valence-electron chi connectivity index (χ3n) is 4.21. The maximum absolute atomic E-state index is 6.20. The van der Waals surface area contributed by atoms with Crippen molar-refractivity contribution in [1.82, 2.24) is 30.0 Å². The zero-order chi connectivity index (χ0) is 18.9. The van der Waals surface area contributed by atoms with Crippen molar-refractivity contribution in [3.63, 3.8) is 0 Å². The van der Waals surface area contributed by atoms with Gasteiger partial charge in [0.1, 0.15) is 10.7 Å². The molecule has 0 atom stereocenters. The van der Waals surface area contributed by atoms with E-state index in [1.54, 1.807) is 4.52 Å². The Morgan fingerprint density at radius 2 is 1.79 bits per heavy atom. The van der Waals surface area contributed by atoms with Gasteiger partial charge < -0.3 is 0 Å². The lowest BCUT2D eigenvalue weighted by Crippen LogP contribution is -1.90. The summed E-state index contributed by atoms with van der Waals surface area (Å²) in [6.07, 6.45) is 3.87. The number of aromatic nitrogens is 6. The zero-order valence-corrected chi connectivity index (χ0v) is 16.0. The fourth-order valence-corrected chi connectivity index (χ4v) is 3.77. The molecule has 6 nitrogen and oxygen atoms in total. The summed E-state index contributed by atoms with van der Waals surface area (Å²) in [6.45, 7) is 0. The van der Waals surface area contributed by atoms with Gasteiger partial charge in [0, 0.05) is 10.6 Å². The van der Waals surface area contributed by atoms with E-state index < -0.39 is 0 Å². The van der Waals surface area contributed by atoms with Gasteiger partial charge in [-0.3, -0.25) is 5.10 Å². The lowest BCUT2D eigenvalue weighted by molar-refractivity contribution is 0.945. The zero-order valence-electron chi connectivity index (χ0n) is 14.5. The van der Waals surface area contributed by atoms with Crippen molar-refractivity contribution in [3.05, 3.63) is 76.3 Å². The topological polar surface area (TPSA) is 71.8 Å². The summed E-state index contributed by atoms with van der Waals surface area (Å²) in [5.41, 5.74) is 3.59. The monoisotopic (exact) mass is 404 g/mol. The molecular weight excluding hydrogens is 392 g/mol. The Kier molecular flexibility index (Phi) is 4.23. The minimum Gasteiger partial charge on any atom is -0.274 e. The van der Waals surface area contributed by atoms with Crippen molar-refractivity contribution in [1.29, 1.82) is 0 Å². The van der Waals surface area contributed by atoms with Crippen molar-refractivity contribution in [2.75, 3.05) is 0 Å². The summed E-state index contributed by atoms with van der Waals surface area (Å²) in [5.74, 6) is 0.623. The van der Waals surface area contributed by atoms with Crippen LogP contribution >= 0.6 is 22.9 Å². The highest BCUT2D eigenvalue weighted by Crippen LogP contribution is 2.25. The van der Waals surface area contributed by atoms with Crippen molar-refractivity contribution in [3.8, 4) is 22.8 Å². The molecule has 3 heterocycles. The molecule has 0 aliphatic heterocycles. The van der Waals surface area contributed by atoms with E-state index in [2.05, 4.69) is 25.5 Å². The molecule has 0 aliphatic carbocycles. The van der Waals surface area contributed by atoms with Crippen LogP contribution in [0.1, 0.15) is 10.6 Å². The predicted octanol–water partition coefficient (Wildman–Crippen LogP) is 5.07. The third-order valence-corrected chi connectivity index (χ3v) is 5.41. The standard InChI is InChI=1S/C20H13ClN6S/c21-15-9-5-4-6-13(15)10-11-18-26-27-19(24-25-20(27)28-18)17-12-16(22-23-17)14-7-2-1-3-8-14/h1-12H,(H,22,23)/b11-10+. The van der Waals surface area contributed by atoms with Crippen LogP contribution in [0.5, 0.6) is 0 Å². The van der Waals surface area contributed by atoms with E-state index in [0.717, 1.165) is 27.5 Å². The Labute approximate surface area is 169 Å². The summed E-state index contributed by atoms with van der Waals surface area (Å²) in [6, 6.07) is 19.6. The van der Waals surface area contributed by atoms with Crippen molar-refractivity contribution >= 4 is 40.1 Å². The van der Waals surface area contributed by atoms with Crippen LogP contribution in [0.25, 0.3) is 39.9 Å². The van der Waals surface area contributed by atoms with E-state index in [4.69, 9.17) is 11.6 Å². The number of nitrogens with zero attached hydrogens (tertiary/aromatic N) is 5. The van der Waals surface area contributed by atoms with Gasteiger partial charge in [0.05, 0.1) is 5.69 Å². The first-order valence-corrected chi connectivity index (χ1v) is 9.73. The third kappa shape index (κ3) is 3.11. The molecule has 0 spiro atoms. The van der Waals surface area contributed by atoms with Gasteiger partial charge in [0.15, 0.2) is 0 Å². The quantitative estimate of drug-likeness (QED) is 0.454. The molecule has 8 heteroatoms. The van der Waals surface area contributed by atoms with Crippen LogP contribution < -0.4 is 0 Å². The molecule has 0 saturated heterocycles. The van der Waals surface area contributed by atoms with Gasteiger partial charge in [-0.05, 0) is 23.8 Å². The van der Waals surface area contributed by atoms with E-state index in [0.29, 0.717) is 15.8 Å². The summed E-state index contributed by atoms with van der Waals surface area (Å²) in [4.78, 5) is 0.713. The molecule has 5 aromatic rings. The van der Waals surface area contributed by atoms with Gasteiger partial charge in [0.2, 0.25) is 10.8 Å². The molecular formula is C20H13ClN6S. The molecule has 0 saturated carbocycles. The molecule has 0 fully saturated rings. The predicted molar refractivity (Wildman–Crippen MR) is 112 cm³/mol. The first kappa shape index (κ1) is 16.9. The van der Waals surface area contributed by atoms with E-state index in [9.17, 15) is 0 Å². The number of halogens is 1. The molecule has 0 aliphatic rings. The second-order valence-electron chi connectivity index (χ2n) is 6.05. The molecule has 3 aromatic heterocycles. The number of hydrogen-bond donors (Lipinski definition) is 1. The van der Waals surface area contributed by atoms with Crippen LogP contribution in [-0.4, -0.2) is 30.0 Å². The van der Waals surface area contributed by atoms with Gasteiger partial charge in [-0.1, -0.05) is 77.5 Å². The van der Waals surface area contributed by atoms with Crippen LogP contribution in [0, 0.1) is 0 Å². The normalized spacial score (nSPS) is 11.6. The number of fused-ring (bicyclic) bond motifs is 1. The van der Waals surface area contributed by atoms with E-state index in [1.807, 2.05) is 72.8 Å². The number of H-pyrrole nitrogens is 1. The average Bonchev–Trinajstić information content (AvgIpc) is 3.43. The second kappa shape index (κ2) is 7.03. The van der Waals surface area contributed by atoms with Crippen molar-refractivity contribution in [2.24, 2.45) is 0 Å². The molecule has 0 amide bonds. The molecule has 0 bridgehead atoms. The highest BCUT2D eigenvalue weighted by molar-refractivity contribution is 7.17. The first-order chi connectivity index (χ1) is 13.8. The number of aromatic amines is 1. The fraction of sp³-hybridized carbons (Fsp3) is 0. The lowest BCUT2D eigenvalue weighted by atomic mass is 10.1. The van der Waals surface area contributed by atoms with Gasteiger partial charge >= 0.3 is 0 Å². The van der Waals surface area contributed by atoms with Crippen LogP contribution in [0.4, 0.5) is 0 Å². The minimum absolute atomic E-state index is 0.623. The summed E-state index contributed by atoms with van der Waals surface area (Å²) in [7, 11) is 0. The van der Waals surface area contributed by atoms with Gasteiger partial charge in [-0.2, -0.15) is 14.7 Å². The molecule has 0 radical (unpaired) electrons. The van der Waals surface area contributed by atoms with E-state index >= 15 is 0 Å². The average molecular weight is 405 g/mol. The molecule has 1 N–H and O–H groups in total. The highest BCUT2D eigenvalue weighted by atomic mass is 35.5.